The van der Waals surface area contributed by atoms with Gasteiger partial charge in [-0.1, -0.05) is 18.2 Å². The van der Waals surface area contributed by atoms with Crippen LogP contribution in [-0.2, 0) is 14.3 Å². The number of hydrogen-bond acceptors (Lipinski definition) is 4. The Kier molecular flexibility index (Phi) is 6.69. The van der Waals surface area contributed by atoms with E-state index in [1.54, 1.807) is 6.07 Å². The van der Waals surface area contributed by atoms with Crippen molar-refractivity contribution in [3.63, 3.8) is 0 Å². The fourth-order valence-corrected chi connectivity index (χ4v) is 1.68. The van der Waals surface area contributed by atoms with Crippen molar-refractivity contribution in [1.82, 2.24) is 5.32 Å². The van der Waals surface area contributed by atoms with Gasteiger partial charge < -0.3 is 20.5 Å². The highest BCUT2D eigenvalue weighted by atomic mass is 16.5. The molecule has 1 aromatic rings. The minimum atomic E-state index is -1.05. The molecule has 0 aromatic heterocycles. The van der Waals surface area contributed by atoms with Gasteiger partial charge in [0.05, 0.1) is 13.0 Å². The van der Waals surface area contributed by atoms with Gasteiger partial charge in [-0.15, -0.1) is 0 Å². The number of aryl methyl sites for hydroxylation is 1. The zero-order valence-electron chi connectivity index (χ0n) is 11.7. The molecule has 0 fully saturated rings. The van der Waals surface area contributed by atoms with Gasteiger partial charge in [0, 0.05) is 19.3 Å². The molecular formula is C14H20N2O4. The van der Waals surface area contributed by atoms with Crippen molar-refractivity contribution >= 4 is 17.6 Å². The third-order valence-electron chi connectivity index (χ3n) is 2.80. The summed E-state index contributed by atoms with van der Waals surface area (Å²) in [6.45, 7) is 2.65. The number of hydrogen-bond donors (Lipinski definition) is 3. The fourth-order valence-electron chi connectivity index (χ4n) is 1.68. The molecule has 0 saturated heterocycles. The number of carboxylic acids is 1. The second-order valence-corrected chi connectivity index (χ2v) is 4.40. The van der Waals surface area contributed by atoms with Crippen molar-refractivity contribution in [1.29, 1.82) is 0 Å². The third-order valence-corrected chi connectivity index (χ3v) is 2.80. The first kappa shape index (κ1) is 16.1. The SMILES string of the molecule is COCCN[C@H](CC(=O)Nc1ccccc1C)C(=O)O. The van der Waals surface area contributed by atoms with Gasteiger partial charge in [0.25, 0.3) is 0 Å². The van der Waals surface area contributed by atoms with Crippen LogP contribution in [0.2, 0.25) is 0 Å². The lowest BCUT2D eigenvalue weighted by Gasteiger charge is -2.14. The Bertz CT molecular complexity index is 462. The van der Waals surface area contributed by atoms with Crippen LogP contribution < -0.4 is 10.6 Å². The number of amides is 1. The molecule has 110 valence electrons. The van der Waals surface area contributed by atoms with Gasteiger partial charge in [-0.25, -0.2) is 0 Å². The van der Waals surface area contributed by atoms with Crippen LogP contribution in [0.5, 0.6) is 0 Å². The molecule has 0 radical (unpaired) electrons. The minimum Gasteiger partial charge on any atom is -0.480 e. The van der Waals surface area contributed by atoms with Crippen LogP contribution in [-0.4, -0.2) is 43.3 Å². The van der Waals surface area contributed by atoms with E-state index in [2.05, 4.69) is 10.6 Å². The highest BCUT2D eigenvalue weighted by Crippen LogP contribution is 2.13. The van der Waals surface area contributed by atoms with Crippen LogP contribution in [0, 0.1) is 6.92 Å². The molecule has 0 aliphatic heterocycles. The van der Waals surface area contributed by atoms with Gasteiger partial charge >= 0.3 is 5.97 Å². The molecule has 20 heavy (non-hydrogen) atoms. The van der Waals surface area contributed by atoms with Crippen LogP contribution in [0.3, 0.4) is 0 Å². The van der Waals surface area contributed by atoms with Gasteiger partial charge in [0.1, 0.15) is 6.04 Å². The first-order chi connectivity index (χ1) is 9.54. The lowest BCUT2D eigenvalue weighted by molar-refractivity contribution is -0.141. The van der Waals surface area contributed by atoms with Gasteiger partial charge in [-0.2, -0.15) is 0 Å². The Morgan fingerprint density at radius 2 is 2.05 bits per heavy atom. The Balaban J connectivity index is 2.54. The van der Waals surface area contributed by atoms with E-state index in [0.717, 1.165) is 5.56 Å². The number of carboxylic acid groups (broad SMARTS) is 1. The van der Waals surface area contributed by atoms with Crippen molar-refractivity contribution in [3.8, 4) is 0 Å². The molecular weight excluding hydrogens is 260 g/mol. The first-order valence-electron chi connectivity index (χ1n) is 6.35. The number of carbonyl (C=O) groups excluding carboxylic acids is 1. The van der Waals surface area contributed by atoms with Crippen molar-refractivity contribution in [3.05, 3.63) is 29.8 Å². The summed E-state index contributed by atoms with van der Waals surface area (Å²) in [5.41, 5.74) is 1.62. The van der Waals surface area contributed by atoms with Crippen LogP contribution >= 0.6 is 0 Å². The second kappa shape index (κ2) is 8.29. The summed E-state index contributed by atoms with van der Waals surface area (Å²) >= 11 is 0. The fraction of sp³-hybridized carbons (Fsp3) is 0.429. The van der Waals surface area contributed by atoms with Crippen molar-refractivity contribution < 1.29 is 19.4 Å². The average Bonchev–Trinajstić information content (AvgIpc) is 2.40. The number of ether oxygens (including phenoxy) is 1. The second-order valence-electron chi connectivity index (χ2n) is 4.40. The highest BCUT2D eigenvalue weighted by molar-refractivity contribution is 5.94. The maximum Gasteiger partial charge on any atom is 0.321 e. The zero-order chi connectivity index (χ0) is 15.0. The number of methoxy groups -OCH3 is 1. The Morgan fingerprint density at radius 1 is 1.35 bits per heavy atom. The van der Waals surface area contributed by atoms with Crippen LogP contribution in [0.1, 0.15) is 12.0 Å². The van der Waals surface area contributed by atoms with Crippen LogP contribution in [0.15, 0.2) is 24.3 Å². The van der Waals surface area contributed by atoms with Gasteiger partial charge in [0.2, 0.25) is 5.91 Å². The quantitative estimate of drug-likeness (QED) is 0.619. The molecule has 1 rings (SSSR count). The largest absolute Gasteiger partial charge is 0.480 e. The van der Waals surface area contributed by atoms with Crippen molar-refractivity contribution in [2.75, 3.05) is 25.6 Å². The van der Waals surface area contributed by atoms with E-state index in [9.17, 15) is 9.59 Å². The normalized spacial score (nSPS) is 11.9. The standard InChI is InChI=1S/C14H20N2O4/c1-10-5-3-4-6-11(10)16-13(17)9-12(14(18)19)15-7-8-20-2/h3-6,12,15H,7-9H2,1-2H3,(H,16,17)(H,18,19)/t12-/m1/s1. The number of nitrogens with one attached hydrogen (secondary N) is 2. The van der Waals surface area contributed by atoms with E-state index in [1.807, 2.05) is 25.1 Å². The Labute approximate surface area is 118 Å². The number of anilines is 1. The smallest absolute Gasteiger partial charge is 0.321 e. The number of para-hydroxylation sites is 1. The molecule has 3 N–H and O–H groups in total. The predicted molar refractivity (Wildman–Crippen MR) is 75.7 cm³/mol. The minimum absolute atomic E-state index is 0.132. The number of aliphatic carboxylic acids is 1. The van der Waals surface area contributed by atoms with Gasteiger partial charge in [0.15, 0.2) is 0 Å². The van der Waals surface area contributed by atoms with Gasteiger partial charge in [-0.05, 0) is 18.6 Å². The molecule has 6 heteroatoms. The zero-order valence-corrected chi connectivity index (χ0v) is 11.7. The lowest BCUT2D eigenvalue weighted by Crippen LogP contribution is -2.41. The van der Waals surface area contributed by atoms with Crippen LogP contribution in [0.25, 0.3) is 0 Å². The molecule has 0 bridgehead atoms. The van der Waals surface area contributed by atoms with E-state index >= 15 is 0 Å². The molecule has 6 nitrogen and oxygen atoms in total. The third kappa shape index (κ3) is 5.38. The van der Waals surface area contributed by atoms with E-state index in [-0.39, 0.29) is 12.3 Å². The average molecular weight is 280 g/mol. The Morgan fingerprint density at radius 3 is 2.65 bits per heavy atom. The molecule has 0 spiro atoms. The maximum absolute atomic E-state index is 11.9. The molecule has 1 aromatic carbocycles. The molecule has 0 saturated carbocycles. The molecule has 0 heterocycles. The molecule has 1 atom stereocenters. The summed E-state index contributed by atoms with van der Waals surface area (Å²) < 4.78 is 4.83. The van der Waals surface area contributed by atoms with Crippen molar-refractivity contribution in [2.45, 2.75) is 19.4 Å². The number of rotatable bonds is 8. The van der Waals surface area contributed by atoms with Crippen LogP contribution in [0.4, 0.5) is 5.69 Å². The summed E-state index contributed by atoms with van der Waals surface area (Å²) in [5, 5.41) is 14.5. The molecule has 0 unspecified atom stereocenters. The molecule has 0 aliphatic rings. The highest BCUT2D eigenvalue weighted by Gasteiger charge is 2.20. The Hall–Kier alpha value is -1.92. The van der Waals surface area contributed by atoms with Gasteiger partial charge in [-0.3, -0.25) is 9.59 Å². The van der Waals surface area contributed by atoms with Crippen molar-refractivity contribution in [2.24, 2.45) is 0 Å². The van der Waals surface area contributed by atoms with E-state index in [4.69, 9.17) is 9.84 Å². The summed E-state index contributed by atoms with van der Waals surface area (Å²) in [6.07, 6.45) is -0.132. The number of carbonyl (C=O) groups is 2. The number of benzene rings is 1. The summed E-state index contributed by atoms with van der Waals surface area (Å²) in [4.78, 5) is 22.9. The monoisotopic (exact) mass is 280 g/mol. The maximum atomic E-state index is 11.9. The predicted octanol–water partition coefficient (Wildman–Crippen LogP) is 1.01. The van der Waals surface area contributed by atoms with E-state index in [0.29, 0.717) is 18.8 Å². The van der Waals surface area contributed by atoms with E-state index < -0.39 is 12.0 Å². The summed E-state index contributed by atoms with van der Waals surface area (Å²) in [6, 6.07) is 6.42. The summed E-state index contributed by atoms with van der Waals surface area (Å²) in [5.74, 6) is -1.39. The molecule has 1 amide bonds. The topological polar surface area (TPSA) is 87.7 Å². The van der Waals surface area contributed by atoms with E-state index in [1.165, 1.54) is 7.11 Å². The summed E-state index contributed by atoms with van der Waals surface area (Å²) in [7, 11) is 1.53. The first-order valence-corrected chi connectivity index (χ1v) is 6.35. The lowest BCUT2D eigenvalue weighted by atomic mass is 10.1. The molecule has 0 aliphatic carbocycles.